The Balaban J connectivity index is 1.03. The minimum absolute atomic E-state index is 0.0204. The first kappa shape index (κ1) is 39.1. The van der Waals surface area contributed by atoms with Crippen LogP contribution in [-0.4, -0.2) is 20.6 Å². The van der Waals surface area contributed by atoms with Crippen LogP contribution in [0.1, 0.15) is 11.5 Å². The van der Waals surface area contributed by atoms with Crippen molar-refractivity contribution >= 4 is 55.1 Å². The third kappa shape index (κ3) is 6.24. The molecule has 0 saturated carbocycles. The highest BCUT2D eigenvalue weighted by Gasteiger charge is 2.42. The Morgan fingerprint density at radius 1 is 0.420 bits per heavy atom. The first-order valence-corrected chi connectivity index (χ1v) is 23.7. The third-order valence-electron chi connectivity index (χ3n) is 14.1. The van der Waals surface area contributed by atoms with E-state index in [0.717, 1.165) is 106 Å². The molecule has 2 unspecified atom stereocenters. The monoisotopic (exact) mass is 882 g/mol. The summed E-state index contributed by atoms with van der Waals surface area (Å²) in [6, 6.07) is 77.6. The average Bonchev–Trinajstić information content (AvgIpc) is 4.09. The molecule has 4 heterocycles. The van der Waals surface area contributed by atoms with Gasteiger partial charge in [0.1, 0.15) is 11.2 Å². The molecule has 1 aliphatic heterocycles. The number of fused-ring (bicyclic) bond motifs is 11. The van der Waals surface area contributed by atoms with Crippen molar-refractivity contribution in [1.29, 1.82) is 0 Å². The molecular formula is C64H42N4O. The lowest BCUT2D eigenvalue weighted by molar-refractivity contribution is 0.659. The summed E-state index contributed by atoms with van der Waals surface area (Å²) in [5.41, 5.74) is 17.9. The van der Waals surface area contributed by atoms with Crippen molar-refractivity contribution < 1.29 is 4.42 Å². The van der Waals surface area contributed by atoms with Crippen LogP contribution in [0.15, 0.2) is 247 Å². The van der Waals surface area contributed by atoms with Crippen molar-refractivity contribution in [3.8, 4) is 61.8 Å². The van der Waals surface area contributed by atoms with E-state index >= 15 is 0 Å². The van der Waals surface area contributed by atoms with Crippen LogP contribution in [0.25, 0.3) is 106 Å². The van der Waals surface area contributed by atoms with Crippen molar-refractivity contribution in [3.63, 3.8) is 0 Å². The number of hydrogen-bond acceptors (Lipinski definition) is 4. The van der Waals surface area contributed by atoms with E-state index in [1.165, 1.54) is 10.9 Å². The van der Waals surface area contributed by atoms with Crippen molar-refractivity contribution in [2.24, 2.45) is 0 Å². The van der Waals surface area contributed by atoms with Gasteiger partial charge in [-0.15, -0.1) is 0 Å². The zero-order valence-corrected chi connectivity index (χ0v) is 37.4. The van der Waals surface area contributed by atoms with Gasteiger partial charge in [-0.2, -0.15) is 0 Å². The largest absolute Gasteiger partial charge is 0.455 e. The van der Waals surface area contributed by atoms with Crippen LogP contribution in [0.5, 0.6) is 0 Å². The van der Waals surface area contributed by atoms with Gasteiger partial charge in [0.15, 0.2) is 5.82 Å². The van der Waals surface area contributed by atoms with Crippen molar-refractivity contribution in [2.45, 2.75) is 12.0 Å². The zero-order valence-electron chi connectivity index (χ0n) is 37.4. The summed E-state index contributed by atoms with van der Waals surface area (Å²) in [7, 11) is 0. The molecule has 3 aromatic heterocycles. The van der Waals surface area contributed by atoms with Gasteiger partial charge in [0.2, 0.25) is 0 Å². The summed E-state index contributed by atoms with van der Waals surface area (Å²) in [6.07, 6.45) is 9.13. The van der Waals surface area contributed by atoms with Gasteiger partial charge in [-0.3, -0.25) is 0 Å². The smallest absolute Gasteiger partial charge is 0.160 e. The Morgan fingerprint density at radius 3 is 1.65 bits per heavy atom. The SMILES string of the molecule is C1=CC2c3c(ccc4c3oc3c4ccc4c3c3ccccc3n4-c3ccccc3)N(c3c(-c4ccccc4)cc(-c4cc(-c5ccccc5)nc(-c5ccccc5)n4)cc3-c3ccccc3)C2C=C1. The summed E-state index contributed by atoms with van der Waals surface area (Å²) in [5, 5.41) is 4.55. The Hall–Kier alpha value is -9.06. The topological polar surface area (TPSA) is 47.1 Å². The lowest BCUT2D eigenvalue weighted by atomic mass is 9.89. The fourth-order valence-electron chi connectivity index (χ4n) is 11.1. The molecule has 0 saturated heterocycles. The molecule has 14 rings (SSSR count). The Kier molecular flexibility index (Phi) is 8.96. The van der Waals surface area contributed by atoms with Gasteiger partial charge in [0.05, 0.1) is 39.5 Å². The average molecular weight is 883 g/mol. The van der Waals surface area contributed by atoms with E-state index in [-0.39, 0.29) is 12.0 Å². The van der Waals surface area contributed by atoms with E-state index < -0.39 is 0 Å². The van der Waals surface area contributed by atoms with E-state index in [1.807, 2.05) is 24.3 Å². The van der Waals surface area contributed by atoms with Crippen LogP contribution < -0.4 is 4.90 Å². The second-order valence-corrected chi connectivity index (χ2v) is 18.0. The number of para-hydroxylation sites is 2. The third-order valence-corrected chi connectivity index (χ3v) is 14.1. The van der Waals surface area contributed by atoms with Crippen LogP contribution in [0.2, 0.25) is 0 Å². The van der Waals surface area contributed by atoms with Crippen LogP contribution in [0, 0.1) is 0 Å². The highest BCUT2D eigenvalue weighted by molar-refractivity contribution is 6.24. The molecule has 5 heteroatoms. The Labute approximate surface area is 399 Å². The highest BCUT2D eigenvalue weighted by Crippen LogP contribution is 2.56. The van der Waals surface area contributed by atoms with Gasteiger partial charge < -0.3 is 13.9 Å². The minimum atomic E-state index is -0.0204. The normalized spacial score (nSPS) is 15.1. The summed E-state index contributed by atoms with van der Waals surface area (Å²) in [5.74, 6) is 0.719. The van der Waals surface area contributed by atoms with Crippen molar-refractivity contribution in [3.05, 3.63) is 248 Å². The number of aromatic nitrogens is 3. The van der Waals surface area contributed by atoms with Gasteiger partial charge in [-0.25, -0.2) is 9.97 Å². The Morgan fingerprint density at radius 2 is 0.971 bits per heavy atom. The molecule has 0 radical (unpaired) electrons. The molecule has 2 atom stereocenters. The molecule has 2 aliphatic rings. The van der Waals surface area contributed by atoms with Crippen molar-refractivity contribution in [1.82, 2.24) is 14.5 Å². The number of allylic oxidation sites excluding steroid dienone is 2. The predicted octanol–water partition coefficient (Wildman–Crippen LogP) is 16.5. The number of rotatable bonds is 7. The maximum Gasteiger partial charge on any atom is 0.160 e. The molecular weight excluding hydrogens is 841 g/mol. The first-order chi connectivity index (χ1) is 34.2. The van der Waals surface area contributed by atoms with Gasteiger partial charge in [-0.1, -0.05) is 182 Å². The Bertz CT molecular complexity index is 3890. The highest BCUT2D eigenvalue weighted by atomic mass is 16.3. The standard InChI is InChI=1S/C64H42N4O/c1-6-20-41(21-7-1)51-38-45(54-40-53(43-24-10-3-11-25-43)65-64(66-54)44-26-12-4-13-27-44)39-52(42-22-8-2-9-23-42)61(51)68-56-33-19-17-31-50(56)60-58(68)37-35-48-47-34-36-57-59(62(47)69-63(48)60)49-30-16-18-32-55(49)67(57)46-28-14-5-15-29-46/h1-40,50,56H. The van der Waals surface area contributed by atoms with Crippen LogP contribution in [0.3, 0.4) is 0 Å². The zero-order chi connectivity index (χ0) is 45.4. The van der Waals surface area contributed by atoms with E-state index in [1.54, 1.807) is 0 Å². The van der Waals surface area contributed by atoms with Crippen LogP contribution >= 0.6 is 0 Å². The number of nitrogens with zero attached hydrogens (tertiary/aromatic N) is 4. The molecule has 0 amide bonds. The molecule has 12 aromatic rings. The molecule has 5 nitrogen and oxygen atoms in total. The number of hydrogen-bond donors (Lipinski definition) is 0. The molecule has 0 fully saturated rings. The maximum atomic E-state index is 7.39. The second kappa shape index (κ2) is 15.8. The molecule has 324 valence electrons. The number of benzene rings is 9. The molecule has 0 N–H and O–H groups in total. The maximum absolute atomic E-state index is 7.39. The summed E-state index contributed by atoms with van der Waals surface area (Å²) >= 11 is 0. The van der Waals surface area contributed by atoms with Gasteiger partial charge in [0, 0.05) is 66.8 Å². The second-order valence-electron chi connectivity index (χ2n) is 18.0. The molecule has 69 heavy (non-hydrogen) atoms. The van der Waals surface area contributed by atoms with Gasteiger partial charge in [-0.05, 0) is 71.8 Å². The fourth-order valence-corrected chi connectivity index (χ4v) is 11.1. The van der Waals surface area contributed by atoms with E-state index in [4.69, 9.17) is 14.4 Å². The molecule has 0 spiro atoms. The number of furan rings is 1. The van der Waals surface area contributed by atoms with Crippen molar-refractivity contribution in [2.75, 3.05) is 4.90 Å². The molecule has 0 bridgehead atoms. The molecule has 9 aromatic carbocycles. The number of anilines is 2. The summed E-state index contributed by atoms with van der Waals surface area (Å²) in [4.78, 5) is 13.1. The lowest BCUT2D eigenvalue weighted by Gasteiger charge is -2.33. The van der Waals surface area contributed by atoms with Crippen LogP contribution in [0.4, 0.5) is 11.4 Å². The quantitative estimate of drug-likeness (QED) is 0.160. The molecule has 1 aliphatic carbocycles. The van der Waals surface area contributed by atoms with E-state index in [2.05, 4.69) is 228 Å². The fraction of sp³-hybridized carbons (Fsp3) is 0.0312. The lowest BCUT2D eigenvalue weighted by Crippen LogP contribution is -2.29. The van der Waals surface area contributed by atoms with Gasteiger partial charge in [0.25, 0.3) is 0 Å². The summed E-state index contributed by atoms with van der Waals surface area (Å²) in [6.45, 7) is 0. The predicted molar refractivity (Wildman–Crippen MR) is 284 cm³/mol. The van der Waals surface area contributed by atoms with Gasteiger partial charge >= 0.3 is 0 Å². The van der Waals surface area contributed by atoms with E-state index in [9.17, 15) is 0 Å². The van der Waals surface area contributed by atoms with Crippen LogP contribution in [-0.2, 0) is 0 Å². The minimum Gasteiger partial charge on any atom is -0.455 e. The van der Waals surface area contributed by atoms with E-state index in [0.29, 0.717) is 5.82 Å². The summed E-state index contributed by atoms with van der Waals surface area (Å²) < 4.78 is 9.75. The first-order valence-electron chi connectivity index (χ1n) is 23.7.